The molecule has 3 aromatic carbocycles. The van der Waals surface area contributed by atoms with Gasteiger partial charge in [-0.15, -0.1) is 10.2 Å². The van der Waals surface area contributed by atoms with Gasteiger partial charge in [-0.25, -0.2) is 0 Å². The zero-order valence-corrected chi connectivity index (χ0v) is 21.3. The lowest BCUT2D eigenvalue weighted by atomic mass is 10.1. The molecule has 0 fully saturated rings. The maximum atomic E-state index is 11.7. The number of esters is 1. The highest BCUT2D eigenvalue weighted by atomic mass is 32.2. The lowest BCUT2D eigenvalue weighted by Gasteiger charge is -2.15. The topological polar surface area (TPSA) is 78.3 Å². The van der Waals surface area contributed by atoms with Gasteiger partial charge in [0.1, 0.15) is 12.1 Å². The van der Waals surface area contributed by atoms with Crippen molar-refractivity contribution in [1.29, 1.82) is 0 Å². The molecule has 0 aliphatic carbocycles. The van der Waals surface area contributed by atoms with Crippen molar-refractivity contribution in [2.24, 2.45) is 7.05 Å². The van der Waals surface area contributed by atoms with Crippen LogP contribution in [-0.2, 0) is 36.0 Å². The van der Waals surface area contributed by atoms with E-state index in [1.54, 1.807) is 18.1 Å². The third kappa shape index (κ3) is 7.36. The molecule has 7 nitrogen and oxygen atoms in total. The molecule has 0 bridgehead atoms. The lowest BCUT2D eigenvalue weighted by molar-refractivity contribution is -0.142. The van der Waals surface area contributed by atoms with Gasteiger partial charge in [0.15, 0.2) is 5.16 Å². The van der Waals surface area contributed by atoms with Crippen molar-refractivity contribution in [3.63, 3.8) is 0 Å². The Labute approximate surface area is 215 Å². The second-order valence-electron chi connectivity index (χ2n) is 8.21. The van der Waals surface area contributed by atoms with Crippen molar-refractivity contribution < 1.29 is 14.3 Å². The lowest BCUT2D eigenvalue weighted by Crippen LogP contribution is -2.08. The highest BCUT2D eigenvalue weighted by Crippen LogP contribution is 2.31. The molecule has 0 atom stereocenters. The van der Waals surface area contributed by atoms with Gasteiger partial charge in [-0.05, 0) is 54.1 Å². The first-order valence-electron chi connectivity index (χ1n) is 11.9. The summed E-state index contributed by atoms with van der Waals surface area (Å²) in [6.45, 7) is 3.39. The standard InChI is InChI=1S/C28H30N4O3S/c1-3-34-27(33)17-22-9-12-24(13-10-22)29-19-23-11-14-25(36-28-31-30-20-32(28)2)18-26(23)35-16-15-21-7-5-4-6-8-21/h4-14,18,20,29H,3,15-17,19H2,1-2H3. The summed E-state index contributed by atoms with van der Waals surface area (Å²) in [7, 11) is 1.93. The van der Waals surface area contributed by atoms with Crippen LogP contribution >= 0.6 is 11.8 Å². The van der Waals surface area contributed by atoms with E-state index in [0.717, 1.165) is 39.0 Å². The average molecular weight is 503 g/mol. The molecule has 0 saturated carbocycles. The van der Waals surface area contributed by atoms with Crippen LogP contribution < -0.4 is 10.1 Å². The third-order valence-electron chi connectivity index (χ3n) is 5.50. The Bertz CT molecular complexity index is 1260. The smallest absolute Gasteiger partial charge is 0.310 e. The van der Waals surface area contributed by atoms with Crippen LogP contribution in [0.3, 0.4) is 0 Å². The van der Waals surface area contributed by atoms with Gasteiger partial charge in [0.2, 0.25) is 0 Å². The first-order valence-corrected chi connectivity index (χ1v) is 12.7. The zero-order chi connectivity index (χ0) is 25.2. The van der Waals surface area contributed by atoms with E-state index in [1.807, 2.05) is 61.0 Å². The maximum absolute atomic E-state index is 11.7. The van der Waals surface area contributed by atoms with Gasteiger partial charge < -0.3 is 19.4 Å². The molecule has 0 aliphatic rings. The van der Waals surface area contributed by atoms with E-state index in [1.165, 1.54) is 5.56 Å². The van der Waals surface area contributed by atoms with E-state index in [2.05, 4.69) is 45.8 Å². The summed E-state index contributed by atoms with van der Waals surface area (Å²) in [5, 5.41) is 12.4. The van der Waals surface area contributed by atoms with Crippen molar-refractivity contribution in [2.45, 2.75) is 36.4 Å². The number of ether oxygens (including phenoxy) is 2. The number of aryl methyl sites for hydroxylation is 1. The van der Waals surface area contributed by atoms with E-state index in [-0.39, 0.29) is 12.4 Å². The van der Waals surface area contributed by atoms with Crippen LogP contribution in [0.25, 0.3) is 0 Å². The Hall–Kier alpha value is -3.78. The predicted octanol–water partition coefficient (Wildman–Crippen LogP) is 5.31. The fourth-order valence-electron chi connectivity index (χ4n) is 3.59. The first kappa shape index (κ1) is 25.3. The average Bonchev–Trinajstić information content (AvgIpc) is 3.29. The Morgan fingerprint density at radius 1 is 1.03 bits per heavy atom. The number of carbonyl (C=O) groups is 1. The van der Waals surface area contributed by atoms with Crippen molar-refractivity contribution in [3.05, 3.63) is 95.8 Å². The Morgan fingerprint density at radius 2 is 1.83 bits per heavy atom. The summed E-state index contributed by atoms with van der Waals surface area (Å²) in [5.74, 6) is 0.624. The van der Waals surface area contributed by atoms with Gasteiger partial charge in [0, 0.05) is 36.2 Å². The summed E-state index contributed by atoms with van der Waals surface area (Å²) < 4.78 is 13.2. The maximum Gasteiger partial charge on any atom is 0.310 e. The van der Waals surface area contributed by atoms with Gasteiger partial charge in [-0.2, -0.15) is 0 Å². The molecule has 0 radical (unpaired) electrons. The molecule has 0 saturated heterocycles. The molecule has 4 aromatic rings. The minimum atomic E-state index is -0.213. The SMILES string of the molecule is CCOC(=O)Cc1ccc(NCc2ccc(Sc3nncn3C)cc2OCCc2ccccc2)cc1. The predicted molar refractivity (Wildman–Crippen MR) is 141 cm³/mol. The molecule has 1 N–H and O–H groups in total. The molecule has 0 amide bonds. The fraction of sp³-hybridized carbons (Fsp3) is 0.250. The number of hydrogen-bond acceptors (Lipinski definition) is 7. The number of hydrogen-bond donors (Lipinski definition) is 1. The second kappa shape index (κ2) is 12.8. The van der Waals surface area contributed by atoms with Gasteiger partial charge >= 0.3 is 5.97 Å². The Kier molecular flexibility index (Phi) is 8.99. The molecule has 1 heterocycles. The molecule has 186 valence electrons. The van der Waals surface area contributed by atoms with Crippen LogP contribution in [0.5, 0.6) is 5.75 Å². The molecule has 1 aromatic heterocycles. The number of rotatable bonds is 12. The molecular formula is C28H30N4O3S. The molecular weight excluding hydrogens is 472 g/mol. The van der Waals surface area contributed by atoms with Crippen molar-refractivity contribution in [2.75, 3.05) is 18.5 Å². The highest BCUT2D eigenvalue weighted by Gasteiger charge is 2.10. The summed E-state index contributed by atoms with van der Waals surface area (Å²) in [6.07, 6.45) is 2.80. The molecule has 36 heavy (non-hydrogen) atoms. The quantitative estimate of drug-likeness (QED) is 0.263. The first-order chi connectivity index (χ1) is 17.6. The third-order valence-corrected chi connectivity index (χ3v) is 6.54. The van der Waals surface area contributed by atoms with Crippen LogP contribution in [0, 0.1) is 0 Å². The molecule has 0 aliphatic heterocycles. The summed E-state index contributed by atoms with van der Waals surface area (Å²) in [6, 6.07) is 24.4. The number of aromatic nitrogens is 3. The summed E-state index contributed by atoms with van der Waals surface area (Å²) >= 11 is 1.55. The van der Waals surface area contributed by atoms with Crippen LogP contribution in [0.15, 0.2) is 89.2 Å². The molecule has 4 rings (SSSR count). The number of nitrogens with zero attached hydrogens (tertiary/aromatic N) is 3. The van der Waals surface area contributed by atoms with Gasteiger partial charge in [0.05, 0.1) is 19.6 Å². The fourth-order valence-corrected chi connectivity index (χ4v) is 4.38. The van der Waals surface area contributed by atoms with Crippen LogP contribution in [0.1, 0.15) is 23.6 Å². The van der Waals surface area contributed by atoms with E-state index >= 15 is 0 Å². The van der Waals surface area contributed by atoms with Gasteiger partial charge in [0.25, 0.3) is 0 Å². The molecule has 8 heteroatoms. The summed E-state index contributed by atoms with van der Waals surface area (Å²) in [4.78, 5) is 12.7. The van der Waals surface area contributed by atoms with E-state index in [0.29, 0.717) is 19.8 Å². The second-order valence-corrected chi connectivity index (χ2v) is 9.25. The van der Waals surface area contributed by atoms with Gasteiger partial charge in [-0.3, -0.25) is 4.79 Å². The minimum Gasteiger partial charge on any atom is -0.493 e. The molecule has 0 unspecified atom stereocenters. The Balaban J connectivity index is 1.43. The van der Waals surface area contributed by atoms with Crippen molar-refractivity contribution >= 4 is 23.4 Å². The summed E-state index contributed by atoms with van der Waals surface area (Å²) in [5.41, 5.74) is 4.19. The number of carbonyl (C=O) groups excluding carboxylic acids is 1. The Morgan fingerprint density at radius 3 is 2.56 bits per heavy atom. The number of anilines is 1. The van der Waals surface area contributed by atoms with Crippen LogP contribution in [0.2, 0.25) is 0 Å². The minimum absolute atomic E-state index is 0.213. The van der Waals surface area contributed by atoms with E-state index in [4.69, 9.17) is 9.47 Å². The van der Waals surface area contributed by atoms with Gasteiger partial charge in [-0.1, -0.05) is 48.5 Å². The normalized spacial score (nSPS) is 10.7. The van der Waals surface area contributed by atoms with Crippen LogP contribution in [-0.4, -0.2) is 33.9 Å². The highest BCUT2D eigenvalue weighted by molar-refractivity contribution is 7.99. The van der Waals surface area contributed by atoms with E-state index < -0.39 is 0 Å². The van der Waals surface area contributed by atoms with Crippen molar-refractivity contribution in [1.82, 2.24) is 14.8 Å². The van der Waals surface area contributed by atoms with E-state index in [9.17, 15) is 4.79 Å². The number of benzene rings is 3. The zero-order valence-electron chi connectivity index (χ0n) is 20.5. The van der Waals surface area contributed by atoms with Crippen molar-refractivity contribution in [3.8, 4) is 5.75 Å². The molecule has 0 spiro atoms. The largest absolute Gasteiger partial charge is 0.493 e. The number of nitrogens with one attached hydrogen (secondary N) is 1. The van der Waals surface area contributed by atoms with Crippen LogP contribution in [0.4, 0.5) is 5.69 Å². The monoisotopic (exact) mass is 502 g/mol.